The number of nitro groups is 2. The zero-order valence-corrected chi connectivity index (χ0v) is 13.9. The Labute approximate surface area is 151 Å². The standard InChI is InChI=1S/C14H17N3O10/c1-6(19)15-10-13(21)12(20)9(5-18)27-14(10)26-8-4-2-3-7(16(22)23)11(8)17(24)25/h2-4,9-10,12-14,18,20-21H,5H2,1H3,(H,15,19)/t9-,10-,12+,13-,14-/m1/s1. The van der Waals surface area contributed by atoms with Gasteiger partial charge in [0.05, 0.1) is 16.5 Å². The summed E-state index contributed by atoms with van der Waals surface area (Å²) in [5.41, 5.74) is -1.78. The summed E-state index contributed by atoms with van der Waals surface area (Å²) in [5.74, 6) is -1.17. The van der Waals surface area contributed by atoms with Crippen LogP contribution in [0.3, 0.4) is 0 Å². The van der Waals surface area contributed by atoms with Gasteiger partial charge in [0.1, 0.15) is 24.4 Å². The van der Waals surface area contributed by atoms with Gasteiger partial charge in [-0.25, -0.2) is 0 Å². The Balaban J connectivity index is 2.43. The van der Waals surface area contributed by atoms with Crippen molar-refractivity contribution in [2.24, 2.45) is 0 Å². The summed E-state index contributed by atoms with van der Waals surface area (Å²) in [6, 6.07) is 1.77. The normalized spacial score (nSPS) is 27.6. The molecule has 1 saturated heterocycles. The minimum Gasteiger partial charge on any atom is -0.455 e. The molecule has 2 rings (SSSR count). The van der Waals surface area contributed by atoms with Crippen LogP contribution >= 0.6 is 0 Å². The first-order valence-corrected chi connectivity index (χ1v) is 7.65. The van der Waals surface area contributed by atoms with Crippen molar-refractivity contribution in [2.45, 2.75) is 37.6 Å². The van der Waals surface area contributed by atoms with Gasteiger partial charge in [-0.05, 0) is 6.07 Å². The Kier molecular flexibility index (Phi) is 6.22. The average Bonchev–Trinajstić information content (AvgIpc) is 2.60. The molecule has 4 N–H and O–H groups in total. The van der Waals surface area contributed by atoms with Gasteiger partial charge < -0.3 is 30.1 Å². The zero-order chi connectivity index (χ0) is 20.3. The van der Waals surface area contributed by atoms with Gasteiger partial charge >= 0.3 is 11.4 Å². The lowest BCUT2D eigenvalue weighted by Gasteiger charge is -2.41. The highest BCUT2D eigenvalue weighted by Crippen LogP contribution is 2.37. The summed E-state index contributed by atoms with van der Waals surface area (Å²) in [6.07, 6.45) is -6.10. The second kappa shape index (κ2) is 8.22. The van der Waals surface area contributed by atoms with Gasteiger partial charge in [0.25, 0.3) is 0 Å². The van der Waals surface area contributed by atoms with Gasteiger partial charge in [-0.3, -0.25) is 25.0 Å². The maximum absolute atomic E-state index is 11.4. The Morgan fingerprint density at radius 2 is 1.93 bits per heavy atom. The van der Waals surface area contributed by atoms with Crippen LogP contribution in [-0.4, -0.2) is 68.3 Å². The molecule has 1 heterocycles. The summed E-state index contributed by atoms with van der Waals surface area (Å²) in [7, 11) is 0. The molecule has 13 nitrogen and oxygen atoms in total. The largest absolute Gasteiger partial charge is 0.455 e. The number of aliphatic hydroxyl groups is 3. The topological polar surface area (TPSA) is 195 Å². The molecule has 1 aromatic carbocycles. The molecule has 0 spiro atoms. The van der Waals surface area contributed by atoms with Crippen LogP contribution in [0.2, 0.25) is 0 Å². The minimum absolute atomic E-state index is 0.546. The number of aliphatic hydroxyl groups excluding tert-OH is 3. The number of carbonyl (C=O) groups excluding carboxylic acids is 1. The lowest BCUT2D eigenvalue weighted by Crippen LogP contribution is -2.65. The molecule has 1 amide bonds. The molecule has 0 radical (unpaired) electrons. The first-order chi connectivity index (χ1) is 12.7. The third-order valence-electron chi connectivity index (χ3n) is 3.85. The summed E-state index contributed by atoms with van der Waals surface area (Å²) in [6.45, 7) is 0.395. The smallest absolute Gasteiger partial charge is 0.387 e. The first kappa shape index (κ1) is 20.4. The minimum atomic E-state index is -1.64. The Morgan fingerprint density at radius 1 is 1.26 bits per heavy atom. The number of nitrogens with zero attached hydrogens (tertiary/aromatic N) is 2. The highest BCUT2D eigenvalue weighted by Gasteiger charge is 2.47. The quantitative estimate of drug-likeness (QED) is 0.341. The van der Waals surface area contributed by atoms with Crippen molar-refractivity contribution < 1.29 is 39.4 Å². The third kappa shape index (κ3) is 4.28. The van der Waals surface area contributed by atoms with Crippen LogP contribution in [0.4, 0.5) is 11.4 Å². The van der Waals surface area contributed by atoms with E-state index in [1.165, 1.54) is 0 Å². The van der Waals surface area contributed by atoms with Crippen molar-refractivity contribution in [3.63, 3.8) is 0 Å². The first-order valence-electron chi connectivity index (χ1n) is 7.65. The van der Waals surface area contributed by atoms with E-state index in [4.69, 9.17) is 9.47 Å². The third-order valence-corrected chi connectivity index (χ3v) is 3.85. The van der Waals surface area contributed by atoms with Crippen LogP contribution < -0.4 is 10.1 Å². The number of amides is 1. The summed E-state index contributed by atoms with van der Waals surface area (Å²) >= 11 is 0. The van der Waals surface area contributed by atoms with E-state index >= 15 is 0 Å². The van der Waals surface area contributed by atoms with Crippen molar-refractivity contribution in [1.82, 2.24) is 5.32 Å². The molecule has 0 aromatic heterocycles. The fourth-order valence-corrected chi connectivity index (χ4v) is 2.63. The second-order valence-corrected chi connectivity index (χ2v) is 5.69. The van der Waals surface area contributed by atoms with E-state index in [0.717, 1.165) is 25.1 Å². The van der Waals surface area contributed by atoms with Crippen LogP contribution in [0.5, 0.6) is 5.75 Å². The molecule has 0 unspecified atom stereocenters. The Morgan fingerprint density at radius 3 is 2.44 bits per heavy atom. The lowest BCUT2D eigenvalue weighted by atomic mass is 9.97. The summed E-state index contributed by atoms with van der Waals surface area (Å²) < 4.78 is 10.6. The van der Waals surface area contributed by atoms with E-state index in [0.29, 0.717) is 0 Å². The van der Waals surface area contributed by atoms with Crippen molar-refractivity contribution in [2.75, 3.05) is 6.61 Å². The van der Waals surface area contributed by atoms with Gasteiger partial charge in [0.15, 0.2) is 0 Å². The number of rotatable bonds is 6. The predicted molar refractivity (Wildman–Crippen MR) is 85.7 cm³/mol. The van der Waals surface area contributed by atoms with Crippen LogP contribution in [0.1, 0.15) is 6.92 Å². The molecule has 1 aliphatic heterocycles. The molecular formula is C14H17N3O10. The molecule has 0 aliphatic carbocycles. The number of para-hydroxylation sites is 1. The predicted octanol–water partition coefficient (Wildman–Crippen LogP) is -1.17. The van der Waals surface area contributed by atoms with E-state index in [2.05, 4.69) is 5.32 Å². The number of benzene rings is 1. The van der Waals surface area contributed by atoms with Gasteiger partial charge in [-0.1, -0.05) is 6.07 Å². The van der Waals surface area contributed by atoms with E-state index < -0.39 is 70.1 Å². The summed E-state index contributed by atoms with van der Waals surface area (Å²) in [5, 5.41) is 53.9. The fourth-order valence-electron chi connectivity index (χ4n) is 2.63. The molecule has 1 aliphatic rings. The number of ether oxygens (including phenoxy) is 2. The van der Waals surface area contributed by atoms with Crippen molar-refractivity contribution in [1.29, 1.82) is 0 Å². The molecule has 1 fully saturated rings. The lowest BCUT2D eigenvalue weighted by molar-refractivity contribution is -0.423. The van der Waals surface area contributed by atoms with Crippen molar-refractivity contribution >= 4 is 17.3 Å². The van der Waals surface area contributed by atoms with E-state index in [-0.39, 0.29) is 0 Å². The molecule has 27 heavy (non-hydrogen) atoms. The molecule has 1 aromatic rings. The van der Waals surface area contributed by atoms with Crippen LogP contribution in [0, 0.1) is 20.2 Å². The second-order valence-electron chi connectivity index (χ2n) is 5.69. The van der Waals surface area contributed by atoms with E-state index in [9.17, 15) is 40.3 Å². The number of hydrogen-bond donors (Lipinski definition) is 4. The molecule has 148 valence electrons. The average molecular weight is 387 g/mol. The highest BCUT2D eigenvalue weighted by atomic mass is 16.7. The number of carbonyl (C=O) groups is 1. The Bertz CT molecular complexity index is 742. The number of nitrogens with one attached hydrogen (secondary N) is 1. The van der Waals surface area contributed by atoms with E-state index in [1.807, 2.05) is 0 Å². The summed E-state index contributed by atoms with van der Waals surface area (Å²) in [4.78, 5) is 31.7. The van der Waals surface area contributed by atoms with Crippen LogP contribution in [0.15, 0.2) is 18.2 Å². The van der Waals surface area contributed by atoms with E-state index in [1.54, 1.807) is 0 Å². The van der Waals surface area contributed by atoms with Gasteiger partial charge in [-0.2, -0.15) is 0 Å². The Hall–Kier alpha value is -2.87. The van der Waals surface area contributed by atoms with Gasteiger partial charge in [0.2, 0.25) is 17.9 Å². The molecule has 0 saturated carbocycles. The van der Waals surface area contributed by atoms with Crippen molar-refractivity contribution in [3.8, 4) is 5.75 Å². The number of hydrogen-bond acceptors (Lipinski definition) is 10. The van der Waals surface area contributed by atoms with Crippen LogP contribution in [-0.2, 0) is 9.53 Å². The fraction of sp³-hybridized carbons (Fsp3) is 0.500. The number of nitro benzene ring substituents is 2. The monoisotopic (exact) mass is 387 g/mol. The zero-order valence-electron chi connectivity index (χ0n) is 13.9. The maximum Gasteiger partial charge on any atom is 0.387 e. The highest BCUT2D eigenvalue weighted by molar-refractivity contribution is 5.73. The van der Waals surface area contributed by atoms with Gasteiger partial charge in [0, 0.05) is 13.0 Å². The van der Waals surface area contributed by atoms with Crippen LogP contribution in [0.25, 0.3) is 0 Å². The molecule has 0 bridgehead atoms. The van der Waals surface area contributed by atoms with Crippen molar-refractivity contribution in [3.05, 3.63) is 38.4 Å². The maximum atomic E-state index is 11.4. The SMILES string of the molecule is CC(=O)N[C@H]1[C@H](Oc2cccc([N+](=O)[O-])c2[N+](=O)[O-])O[C@H](CO)[C@H](O)[C@@H]1O. The van der Waals surface area contributed by atoms with Gasteiger partial charge in [-0.15, -0.1) is 0 Å². The molecule has 5 atom stereocenters. The molecular weight excluding hydrogens is 370 g/mol. The molecule has 13 heteroatoms.